The van der Waals surface area contributed by atoms with Crippen molar-refractivity contribution in [1.82, 2.24) is 15.1 Å². The van der Waals surface area contributed by atoms with Crippen LogP contribution in [0, 0.1) is 6.92 Å². The van der Waals surface area contributed by atoms with Gasteiger partial charge in [0.25, 0.3) is 0 Å². The average molecular weight is 238 g/mol. The maximum absolute atomic E-state index is 11.5. The summed E-state index contributed by atoms with van der Waals surface area (Å²) in [5.41, 5.74) is 5.77. The third kappa shape index (κ3) is 3.85. The Kier molecular flexibility index (Phi) is 4.69. The number of primary amides is 1. The molecule has 1 unspecified atom stereocenters. The van der Waals surface area contributed by atoms with Crippen LogP contribution in [-0.2, 0) is 11.3 Å². The molecule has 0 aromatic carbocycles. The summed E-state index contributed by atoms with van der Waals surface area (Å²) in [5, 5.41) is 7.50. The molecule has 0 saturated carbocycles. The van der Waals surface area contributed by atoms with Crippen LogP contribution in [0.1, 0.15) is 32.4 Å². The first kappa shape index (κ1) is 13.7. The number of nitrogens with two attached hydrogens (primary N) is 1. The third-order valence-corrected chi connectivity index (χ3v) is 2.92. The van der Waals surface area contributed by atoms with Crippen molar-refractivity contribution in [3.63, 3.8) is 0 Å². The Hall–Kier alpha value is -1.36. The van der Waals surface area contributed by atoms with Crippen LogP contribution in [0.15, 0.2) is 12.3 Å². The molecular weight excluding hydrogens is 216 g/mol. The lowest BCUT2D eigenvalue weighted by molar-refractivity contribution is -0.124. The number of rotatable bonds is 7. The van der Waals surface area contributed by atoms with Gasteiger partial charge in [0, 0.05) is 12.7 Å². The second-order valence-electron chi connectivity index (χ2n) is 4.59. The number of nitrogens with zero attached hydrogens (tertiary/aromatic N) is 2. The normalized spacial score (nSPS) is 14.5. The largest absolute Gasteiger partial charge is 0.368 e. The minimum absolute atomic E-state index is 0.310. The Morgan fingerprint density at radius 3 is 2.82 bits per heavy atom. The third-order valence-electron chi connectivity index (χ3n) is 2.92. The SMILES string of the molecule is CCCNC(C)(CCn1ccc(C)n1)C(N)=O. The van der Waals surface area contributed by atoms with Crippen LogP contribution in [0.5, 0.6) is 0 Å². The lowest BCUT2D eigenvalue weighted by atomic mass is 9.97. The molecule has 0 bridgehead atoms. The molecule has 0 saturated heterocycles. The molecule has 5 nitrogen and oxygen atoms in total. The van der Waals surface area contributed by atoms with Crippen molar-refractivity contribution in [3.05, 3.63) is 18.0 Å². The highest BCUT2D eigenvalue weighted by atomic mass is 16.1. The molecule has 96 valence electrons. The Balaban J connectivity index is 2.58. The number of carbonyl (C=O) groups is 1. The monoisotopic (exact) mass is 238 g/mol. The zero-order chi connectivity index (χ0) is 12.9. The molecule has 0 fully saturated rings. The Morgan fingerprint density at radius 1 is 1.65 bits per heavy atom. The zero-order valence-corrected chi connectivity index (χ0v) is 10.9. The van der Waals surface area contributed by atoms with Gasteiger partial charge >= 0.3 is 0 Å². The number of nitrogens with one attached hydrogen (secondary N) is 1. The summed E-state index contributed by atoms with van der Waals surface area (Å²) in [6, 6.07) is 1.95. The van der Waals surface area contributed by atoms with Gasteiger partial charge in [-0.1, -0.05) is 6.92 Å². The standard InChI is InChI=1S/C12H22N4O/c1-4-7-14-12(3,11(13)17)6-9-16-8-5-10(2)15-16/h5,8,14H,4,6-7,9H2,1-3H3,(H2,13,17). The first-order valence-corrected chi connectivity index (χ1v) is 6.03. The highest BCUT2D eigenvalue weighted by molar-refractivity contribution is 5.84. The van der Waals surface area contributed by atoms with Crippen molar-refractivity contribution in [2.24, 2.45) is 5.73 Å². The first-order chi connectivity index (χ1) is 7.98. The maximum atomic E-state index is 11.5. The van der Waals surface area contributed by atoms with E-state index in [1.54, 1.807) is 0 Å². The van der Waals surface area contributed by atoms with Crippen molar-refractivity contribution in [3.8, 4) is 0 Å². The van der Waals surface area contributed by atoms with Gasteiger partial charge in [0.2, 0.25) is 5.91 Å². The van der Waals surface area contributed by atoms with E-state index in [-0.39, 0.29) is 5.91 Å². The van der Waals surface area contributed by atoms with Crippen molar-refractivity contribution in [2.45, 2.75) is 45.7 Å². The summed E-state index contributed by atoms with van der Waals surface area (Å²) >= 11 is 0. The van der Waals surface area contributed by atoms with Gasteiger partial charge in [-0.2, -0.15) is 5.10 Å². The van der Waals surface area contributed by atoms with Gasteiger partial charge in [-0.15, -0.1) is 0 Å². The van der Waals surface area contributed by atoms with Crippen molar-refractivity contribution in [1.29, 1.82) is 0 Å². The number of amides is 1. The van der Waals surface area contributed by atoms with Crippen LogP contribution in [0.4, 0.5) is 0 Å². The second-order valence-corrected chi connectivity index (χ2v) is 4.59. The van der Waals surface area contributed by atoms with E-state index in [2.05, 4.69) is 17.3 Å². The van der Waals surface area contributed by atoms with Crippen LogP contribution in [-0.4, -0.2) is 27.8 Å². The van der Waals surface area contributed by atoms with Gasteiger partial charge in [0.15, 0.2) is 0 Å². The van der Waals surface area contributed by atoms with Crippen LogP contribution >= 0.6 is 0 Å². The summed E-state index contributed by atoms with van der Waals surface area (Å²) < 4.78 is 1.84. The maximum Gasteiger partial charge on any atom is 0.237 e. The average Bonchev–Trinajstić information content (AvgIpc) is 2.69. The fourth-order valence-electron chi connectivity index (χ4n) is 1.63. The van der Waals surface area contributed by atoms with Crippen molar-refractivity contribution >= 4 is 5.91 Å². The highest BCUT2D eigenvalue weighted by Gasteiger charge is 2.29. The molecule has 0 radical (unpaired) electrons. The fraction of sp³-hybridized carbons (Fsp3) is 0.667. The molecule has 3 N–H and O–H groups in total. The second kappa shape index (κ2) is 5.82. The minimum Gasteiger partial charge on any atom is -0.368 e. The molecule has 1 amide bonds. The summed E-state index contributed by atoms with van der Waals surface area (Å²) in [4.78, 5) is 11.5. The van der Waals surface area contributed by atoms with Gasteiger partial charge in [-0.25, -0.2) is 0 Å². The Bertz CT molecular complexity index is 374. The van der Waals surface area contributed by atoms with Gasteiger partial charge in [0.1, 0.15) is 0 Å². The number of aromatic nitrogens is 2. The molecule has 0 aliphatic carbocycles. The summed E-state index contributed by atoms with van der Waals surface area (Å²) in [5.74, 6) is -0.310. The number of hydrogen-bond acceptors (Lipinski definition) is 3. The van der Waals surface area contributed by atoms with Gasteiger partial charge in [-0.05, 0) is 39.3 Å². The van der Waals surface area contributed by atoms with Crippen LogP contribution in [0.25, 0.3) is 0 Å². The van der Waals surface area contributed by atoms with E-state index in [0.29, 0.717) is 13.0 Å². The van der Waals surface area contributed by atoms with E-state index in [1.165, 1.54) is 0 Å². The van der Waals surface area contributed by atoms with E-state index in [9.17, 15) is 4.79 Å². The summed E-state index contributed by atoms with van der Waals surface area (Å²) in [6.45, 7) is 7.33. The zero-order valence-electron chi connectivity index (χ0n) is 10.9. The highest BCUT2D eigenvalue weighted by Crippen LogP contribution is 2.11. The van der Waals surface area contributed by atoms with Crippen LogP contribution in [0.3, 0.4) is 0 Å². The molecule has 5 heteroatoms. The fourth-order valence-corrected chi connectivity index (χ4v) is 1.63. The predicted molar refractivity (Wildman–Crippen MR) is 67.5 cm³/mol. The van der Waals surface area contributed by atoms with Crippen molar-refractivity contribution < 1.29 is 4.79 Å². The first-order valence-electron chi connectivity index (χ1n) is 6.03. The van der Waals surface area contributed by atoms with E-state index in [1.807, 2.05) is 30.8 Å². The molecule has 0 aliphatic rings. The summed E-state index contributed by atoms with van der Waals surface area (Å²) in [7, 11) is 0. The molecule has 1 heterocycles. The smallest absolute Gasteiger partial charge is 0.237 e. The van der Waals surface area contributed by atoms with E-state index < -0.39 is 5.54 Å². The Morgan fingerprint density at radius 2 is 2.35 bits per heavy atom. The minimum atomic E-state index is -0.657. The number of carbonyl (C=O) groups excluding carboxylic acids is 1. The predicted octanol–water partition coefficient (Wildman–Crippen LogP) is 0.825. The molecule has 0 spiro atoms. The molecule has 1 aromatic rings. The molecule has 1 rings (SSSR count). The molecule has 1 atom stereocenters. The molecular formula is C12H22N4O. The summed E-state index contributed by atoms with van der Waals surface area (Å²) in [6.07, 6.45) is 3.53. The molecule has 0 aliphatic heterocycles. The topological polar surface area (TPSA) is 72.9 Å². The molecule has 17 heavy (non-hydrogen) atoms. The van der Waals surface area contributed by atoms with Crippen molar-refractivity contribution in [2.75, 3.05) is 6.54 Å². The van der Waals surface area contributed by atoms with Gasteiger partial charge in [0.05, 0.1) is 11.2 Å². The van der Waals surface area contributed by atoms with E-state index in [4.69, 9.17) is 5.73 Å². The van der Waals surface area contributed by atoms with E-state index >= 15 is 0 Å². The van der Waals surface area contributed by atoms with Crippen LogP contribution < -0.4 is 11.1 Å². The molecule has 1 aromatic heterocycles. The lowest BCUT2D eigenvalue weighted by Crippen LogP contribution is -2.53. The van der Waals surface area contributed by atoms with E-state index in [0.717, 1.165) is 18.7 Å². The number of aryl methyl sites for hydroxylation is 2. The number of hydrogen-bond donors (Lipinski definition) is 2. The van der Waals surface area contributed by atoms with Gasteiger partial charge < -0.3 is 11.1 Å². The van der Waals surface area contributed by atoms with Gasteiger partial charge in [-0.3, -0.25) is 9.48 Å². The lowest BCUT2D eigenvalue weighted by Gasteiger charge is -2.27. The quantitative estimate of drug-likeness (QED) is 0.739. The van der Waals surface area contributed by atoms with Crippen LogP contribution in [0.2, 0.25) is 0 Å². The Labute approximate surface area is 102 Å².